The van der Waals surface area contributed by atoms with Gasteiger partial charge in [-0.25, -0.2) is 4.39 Å². The first kappa shape index (κ1) is 15.9. The van der Waals surface area contributed by atoms with Gasteiger partial charge in [0.2, 0.25) is 0 Å². The Balaban J connectivity index is 1.49. The Morgan fingerprint density at radius 3 is 2.92 bits per heavy atom. The van der Waals surface area contributed by atoms with E-state index in [2.05, 4.69) is 4.99 Å². The second-order valence-corrected chi connectivity index (χ2v) is 6.63. The summed E-state index contributed by atoms with van der Waals surface area (Å²) in [6.07, 6.45) is 0. The van der Waals surface area contributed by atoms with E-state index in [1.54, 1.807) is 17.0 Å². The zero-order chi connectivity index (χ0) is 17.2. The molecule has 0 atom stereocenters. The molecule has 0 spiro atoms. The van der Waals surface area contributed by atoms with Crippen molar-refractivity contribution in [3.8, 4) is 0 Å². The van der Waals surface area contributed by atoms with Crippen LogP contribution < -0.4 is 0 Å². The Morgan fingerprint density at radius 1 is 1.20 bits per heavy atom. The number of halogens is 1. The molecule has 6 heteroatoms. The molecule has 0 N–H and O–H groups in total. The lowest BCUT2D eigenvalue weighted by Gasteiger charge is -2.16. The fourth-order valence-corrected chi connectivity index (χ4v) is 3.72. The van der Waals surface area contributed by atoms with Crippen molar-refractivity contribution in [3.05, 3.63) is 71.7 Å². The second kappa shape index (κ2) is 6.72. The number of nitrogens with zero attached hydrogens (tertiary/aromatic N) is 2. The maximum absolute atomic E-state index is 13.3. The van der Waals surface area contributed by atoms with Crippen molar-refractivity contribution in [2.24, 2.45) is 4.99 Å². The summed E-state index contributed by atoms with van der Waals surface area (Å²) < 4.78 is 18.9. The van der Waals surface area contributed by atoms with E-state index in [1.807, 2.05) is 30.3 Å². The van der Waals surface area contributed by atoms with Crippen LogP contribution in [0.3, 0.4) is 0 Å². The molecule has 1 amide bonds. The fraction of sp³-hybridized carbons (Fsp3) is 0.158. The van der Waals surface area contributed by atoms with Gasteiger partial charge in [0, 0.05) is 17.7 Å². The summed E-state index contributed by atoms with van der Waals surface area (Å²) in [4.78, 5) is 18.8. The van der Waals surface area contributed by atoms with Crippen molar-refractivity contribution in [2.45, 2.75) is 5.75 Å². The van der Waals surface area contributed by atoms with Crippen LogP contribution in [0.4, 0.5) is 4.39 Å². The number of benzene rings is 2. The molecule has 1 aliphatic heterocycles. The van der Waals surface area contributed by atoms with Crippen LogP contribution in [0.2, 0.25) is 0 Å². The molecule has 0 radical (unpaired) electrons. The molecule has 126 valence electrons. The second-order valence-electron chi connectivity index (χ2n) is 5.69. The van der Waals surface area contributed by atoms with Crippen molar-refractivity contribution in [2.75, 3.05) is 13.1 Å². The molecule has 4 nitrogen and oxygen atoms in total. The van der Waals surface area contributed by atoms with Gasteiger partial charge in [-0.05, 0) is 29.8 Å². The topological polar surface area (TPSA) is 45.8 Å². The summed E-state index contributed by atoms with van der Waals surface area (Å²) in [5.41, 5.74) is 1.55. The minimum Gasteiger partial charge on any atom is -0.451 e. The minimum atomic E-state index is -0.262. The molecule has 1 aromatic heterocycles. The molecule has 0 aliphatic carbocycles. The van der Waals surface area contributed by atoms with Gasteiger partial charge in [-0.3, -0.25) is 14.7 Å². The molecule has 2 heterocycles. The first-order valence-electron chi connectivity index (χ1n) is 7.93. The lowest BCUT2D eigenvalue weighted by atomic mass is 10.2. The Hall–Kier alpha value is -2.60. The molecule has 1 aliphatic rings. The number of hydrogen-bond donors (Lipinski definition) is 0. The van der Waals surface area contributed by atoms with E-state index in [0.717, 1.165) is 10.9 Å². The van der Waals surface area contributed by atoms with Gasteiger partial charge in [0.25, 0.3) is 5.91 Å². The summed E-state index contributed by atoms with van der Waals surface area (Å²) >= 11 is 1.43. The molecule has 3 aromatic rings. The fourth-order valence-electron chi connectivity index (χ4n) is 2.73. The van der Waals surface area contributed by atoms with Crippen LogP contribution in [0.5, 0.6) is 0 Å². The van der Waals surface area contributed by atoms with E-state index in [0.29, 0.717) is 35.4 Å². The van der Waals surface area contributed by atoms with Gasteiger partial charge >= 0.3 is 0 Å². The highest BCUT2D eigenvalue weighted by atomic mass is 32.2. The van der Waals surface area contributed by atoms with E-state index < -0.39 is 0 Å². The SMILES string of the molecule is O=C(c1cc2ccccc2o1)N1CCN=C1SCc1cccc(F)c1. The maximum Gasteiger partial charge on any atom is 0.295 e. The van der Waals surface area contributed by atoms with E-state index >= 15 is 0 Å². The number of carbonyl (C=O) groups is 1. The Bertz CT molecular complexity index is 934. The largest absolute Gasteiger partial charge is 0.451 e. The normalized spacial score (nSPS) is 14.1. The summed E-state index contributed by atoms with van der Waals surface area (Å²) in [5, 5.41) is 1.55. The van der Waals surface area contributed by atoms with Gasteiger partial charge in [0.1, 0.15) is 11.4 Å². The van der Waals surface area contributed by atoms with Gasteiger partial charge in [0.15, 0.2) is 10.9 Å². The van der Waals surface area contributed by atoms with Crippen molar-refractivity contribution >= 4 is 33.8 Å². The molecule has 0 unspecified atom stereocenters. The molecule has 0 saturated carbocycles. The smallest absolute Gasteiger partial charge is 0.295 e. The molecule has 0 fully saturated rings. The third-order valence-electron chi connectivity index (χ3n) is 3.94. The van der Waals surface area contributed by atoms with E-state index in [1.165, 1.54) is 23.9 Å². The van der Waals surface area contributed by atoms with Crippen LogP contribution in [-0.2, 0) is 5.75 Å². The first-order valence-corrected chi connectivity index (χ1v) is 8.91. The molecule has 0 bridgehead atoms. The number of rotatable bonds is 3. The monoisotopic (exact) mass is 354 g/mol. The lowest BCUT2D eigenvalue weighted by Crippen LogP contribution is -2.32. The predicted molar refractivity (Wildman–Crippen MR) is 97.2 cm³/mol. The summed E-state index contributed by atoms with van der Waals surface area (Å²) in [5.74, 6) is 0.406. The summed E-state index contributed by atoms with van der Waals surface area (Å²) in [6.45, 7) is 1.10. The highest BCUT2D eigenvalue weighted by molar-refractivity contribution is 8.13. The standard InChI is InChI=1S/C19H15FN2O2S/c20-15-6-3-4-13(10-15)12-25-19-21-8-9-22(19)18(23)17-11-14-5-1-2-7-16(14)24-17/h1-7,10-11H,8-9,12H2. The van der Waals surface area contributed by atoms with Gasteiger partial charge in [-0.2, -0.15) is 0 Å². The number of carbonyl (C=O) groups excluding carboxylic acids is 1. The van der Waals surface area contributed by atoms with E-state index in [4.69, 9.17) is 4.42 Å². The van der Waals surface area contributed by atoms with Gasteiger partial charge < -0.3 is 4.42 Å². The Labute approximate surface area is 148 Å². The lowest BCUT2D eigenvalue weighted by molar-refractivity contribution is 0.0833. The number of amides is 1. The third kappa shape index (κ3) is 3.30. The Kier molecular flexibility index (Phi) is 4.28. The predicted octanol–water partition coefficient (Wildman–Crippen LogP) is 4.32. The van der Waals surface area contributed by atoms with Crippen molar-refractivity contribution < 1.29 is 13.6 Å². The molecule has 4 rings (SSSR count). The average Bonchev–Trinajstić information content (AvgIpc) is 3.26. The molecule has 0 saturated heterocycles. The quantitative estimate of drug-likeness (QED) is 0.704. The van der Waals surface area contributed by atoms with Crippen LogP contribution in [0.25, 0.3) is 11.0 Å². The number of hydrogen-bond acceptors (Lipinski definition) is 4. The van der Waals surface area contributed by atoms with Crippen LogP contribution >= 0.6 is 11.8 Å². The van der Waals surface area contributed by atoms with Crippen molar-refractivity contribution in [3.63, 3.8) is 0 Å². The first-order chi connectivity index (χ1) is 12.2. The maximum atomic E-state index is 13.3. The van der Waals surface area contributed by atoms with Gasteiger partial charge in [-0.1, -0.05) is 42.1 Å². The van der Waals surface area contributed by atoms with Crippen LogP contribution in [0, 0.1) is 5.82 Å². The summed E-state index contributed by atoms with van der Waals surface area (Å²) in [6, 6.07) is 15.7. The number of thioether (sulfide) groups is 1. The number of aliphatic imine (C=N–C) groups is 1. The van der Waals surface area contributed by atoms with Crippen molar-refractivity contribution in [1.29, 1.82) is 0 Å². The number of amidine groups is 1. The molecule has 25 heavy (non-hydrogen) atoms. The van der Waals surface area contributed by atoms with Gasteiger partial charge in [-0.15, -0.1) is 0 Å². The van der Waals surface area contributed by atoms with Crippen LogP contribution in [-0.4, -0.2) is 29.1 Å². The number of furan rings is 1. The minimum absolute atomic E-state index is 0.195. The zero-order valence-electron chi connectivity index (χ0n) is 13.3. The third-order valence-corrected chi connectivity index (χ3v) is 5.03. The van der Waals surface area contributed by atoms with E-state index in [-0.39, 0.29) is 11.7 Å². The number of para-hydroxylation sites is 1. The zero-order valence-corrected chi connectivity index (χ0v) is 14.1. The number of fused-ring (bicyclic) bond motifs is 1. The van der Waals surface area contributed by atoms with Crippen LogP contribution in [0.15, 0.2) is 64.0 Å². The molecule has 2 aromatic carbocycles. The van der Waals surface area contributed by atoms with Crippen molar-refractivity contribution in [1.82, 2.24) is 4.90 Å². The molecular weight excluding hydrogens is 339 g/mol. The Morgan fingerprint density at radius 2 is 2.08 bits per heavy atom. The summed E-state index contributed by atoms with van der Waals surface area (Å²) in [7, 11) is 0. The van der Waals surface area contributed by atoms with Crippen LogP contribution in [0.1, 0.15) is 16.1 Å². The average molecular weight is 354 g/mol. The van der Waals surface area contributed by atoms with E-state index in [9.17, 15) is 9.18 Å². The highest BCUT2D eigenvalue weighted by Gasteiger charge is 2.27. The van der Waals surface area contributed by atoms with Gasteiger partial charge in [0.05, 0.1) is 6.54 Å². The molecular formula is C19H15FN2O2S. The highest BCUT2D eigenvalue weighted by Crippen LogP contribution is 2.24.